The molecule has 35 heavy (non-hydrogen) atoms. The number of nitrogens with zero attached hydrogens (tertiary/aromatic N) is 2. The highest BCUT2D eigenvalue weighted by Gasteiger charge is 2.11. The molecule has 1 aromatic heterocycles. The van der Waals surface area contributed by atoms with Gasteiger partial charge in [0.15, 0.2) is 0 Å². The number of halogens is 1. The summed E-state index contributed by atoms with van der Waals surface area (Å²) in [6, 6.07) is 23.1. The zero-order valence-corrected chi connectivity index (χ0v) is 19.5. The molecule has 0 fully saturated rings. The Kier molecular flexibility index (Phi) is 7.54. The predicted octanol–water partition coefficient (Wildman–Crippen LogP) is 4.86. The van der Waals surface area contributed by atoms with Crippen molar-refractivity contribution >= 4 is 29.7 Å². The van der Waals surface area contributed by atoms with Gasteiger partial charge in [-0.1, -0.05) is 41.9 Å². The smallest absolute Gasteiger partial charge is 0.337 e. The molecule has 3 aromatic carbocycles. The number of aromatic amines is 1. The molecule has 8 nitrogen and oxygen atoms in total. The van der Waals surface area contributed by atoms with Gasteiger partial charge in [-0.3, -0.25) is 9.89 Å². The summed E-state index contributed by atoms with van der Waals surface area (Å²) in [5.74, 6) is -0.168. The molecule has 9 heteroatoms. The van der Waals surface area contributed by atoms with Gasteiger partial charge in [-0.05, 0) is 54.1 Å². The topological polar surface area (TPSA) is 106 Å². The second-order valence-corrected chi connectivity index (χ2v) is 7.79. The van der Waals surface area contributed by atoms with Crippen LogP contribution in [0.1, 0.15) is 32.0 Å². The molecule has 1 amide bonds. The van der Waals surface area contributed by atoms with Crippen LogP contribution in [0.5, 0.6) is 5.75 Å². The third-order valence-corrected chi connectivity index (χ3v) is 5.40. The summed E-state index contributed by atoms with van der Waals surface area (Å²) in [4.78, 5) is 23.8. The quantitative estimate of drug-likeness (QED) is 0.209. The van der Waals surface area contributed by atoms with E-state index in [9.17, 15) is 9.59 Å². The van der Waals surface area contributed by atoms with Crippen molar-refractivity contribution in [2.24, 2.45) is 5.10 Å². The van der Waals surface area contributed by atoms with Crippen LogP contribution >= 0.6 is 11.6 Å². The average Bonchev–Trinajstić information content (AvgIpc) is 3.39. The summed E-state index contributed by atoms with van der Waals surface area (Å²) in [5, 5.41) is 11.5. The number of carbonyl (C=O) groups excluding carboxylic acids is 2. The molecule has 4 aromatic rings. The van der Waals surface area contributed by atoms with E-state index in [0.29, 0.717) is 34.2 Å². The van der Waals surface area contributed by atoms with Gasteiger partial charge in [0.05, 0.1) is 24.6 Å². The van der Waals surface area contributed by atoms with Crippen LogP contribution in [0.4, 0.5) is 0 Å². The Balaban J connectivity index is 1.32. The molecule has 0 unspecified atom stereocenters. The van der Waals surface area contributed by atoms with Crippen molar-refractivity contribution in [3.8, 4) is 17.0 Å². The summed E-state index contributed by atoms with van der Waals surface area (Å²) >= 11 is 6.16. The van der Waals surface area contributed by atoms with E-state index >= 15 is 0 Å². The minimum Gasteiger partial charge on any atom is -0.489 e. The normalized spacial score (nSPS) is 10.8. The molecule has 1 heterocycles. The van der Waals surface area contributed by atoms with Gasteiger partial charge in [0, 0.05) is 16.1 Å². The molecule has 0 radical (unpaired) electrons. The first kappa shape index (κ1) is 23.7. The van der Waals surface area contributed by atoms with Gasteiger partial charge in [0.1, 0.15) is 18.1 Å². The highest BCUT2D eigenvalue weighted by Crippen LogP contribution is 2.23. The second kappa shape index (κ2) is 11.1. The Morgan fingerprint density at radius 3 is 2.51 bits per heavy atom. The van der Waals surface area contributed by atoms with Crippen molar-refractivity contribution in [3.05, 3.63) is 106 Å². The molecule has 176 valence electrons. The highest BCUT2D eigenvalue weighted by molar-refractivity contribution is 6.31. The number of carbonyl (C=O) groups is 2. The minimum atomic E-state index is -0.439. The number of methoxy groups -OCH3 is 1. The minimum absolute atomic E-state index is 0.261. The number of nitrogens with one attached hydrogen (secondary N) is 2. The third kappa shape index (κ3) is 6.13. The number of hydrazone groups is 1. The zero-order valence-electron chi connectivity index (χ0n) is 18.7. The number of esters is 1. The lowest BCUT2D eigenvalue weighted by Gasteiger charge is -2.08. The Labute approximate surface area is 206 Å². The van der Waals surface area contributed by atoms with E-state index in [2.05, 4.69) is 25.5 Å². The number of aromatic nitrogens is 2. The molecule has 0 bridgehead atoms. The van der Waals surface area contributed by atoms with E-state index in [0.717, 1.165) is 11.1 Å². The number of benzene rings is 3. The van der Waals surface area contributed by atoms with Crippen molar-refractivity contribution in [2.75, 3.05) is 7.11 Å². The Bertz CT molecular complexity index is 1350. The maximum absolute atomic E-state index is 12.4. The monoisotopic (exact) mass is 488 g/mol. The number of hydrogen-bond acceptors (Lipinski definition) is 6. The van der Waals surface area contributed by atoms with Crippen LogP contribution in [0.3, 0.4) is 0 Å². The Morgan fingerprint density at radius 2 is 1.80 bits per heavy atom. The van der Waals surface area contributed by atoms with Crippen LogP contribution in [0.2, 0.25) is 5.02 Å². The van der Waals surface area contributed by atoms with Gasteiger partial charge >= 0.3 is 5.97 Å². The van der Waals surface area contributed by atoms with Crippen molar-refractivity contribution in [1.29, 1.82) is 0 Å². The first-order valence-electron chi connectivity index (χ1n) is 10.6. The van der Waals surface area contributed by atoms with E-state index in [1.807, 2.05) is 48.5 Å². The van der Waals surface area contributed by atoms with E-state index in [-0.39, 0.29) is 5.69 Å². The Hall–Kier alpha value is -4.43. The van der Waals surface area contributed by atoms with Gasteiger partial charge in [0.2, 0.25) is 0 Å². The standard InChI is InChI=1S/C26H21ClN4O4/c1-34-26(33)19-8-6-17(7-9-19)15-28-31-25(32)24-14-23(29-30-24)18-10-12-21(13-11-18)35-16-20-4-2-3-5-22(20)27/h2-15H,16H2,1H3,(H,29,30)(H,31,32)/b28-15-. The van der Waals surface area contributed by atoms with Crippen LogP contribution in [0, 0.1) is 0 Å². The lowest BCUT2D eigenvalue weighted by molar-refractivity contribution is 0.0600. The van der Waals surface area contributed by atoms with Crippen LogP contribution in [-0.4, -0.2) is 35.4 Å². The number of ether oxygens (including phenoxy) is 2. The summed E-state index contributed by atoms with van der Waals surface area (Å²) in [5.41, 5.74) is 6.17. The molecule has 0 saturated carbocycles. The molecule has 0 aliphatic carbocycles. The van der Waals surface area contributed by atoms with Crippen LogP contribution in [0.15, 0.2) is 84.0 Å². The first-order chi connectivity index (χ1) is 17.0. The van der Waals surface area contributed by atoms with Crippen molar-refractivity contribution in [1.82, 2.24) is 15.6 Å². The van der Waals surface area contributed by atoms with Gasteiger partial charge in [0.25, 0.3) is 5.91 Å². The summed E-state index contributed by atoms with van der Waals surface area (Å²) in [7, 11) is 1.32. The SMILES string of the molecule is COC(=O)c1ccc(/C=N\NC(=O)c2cc(-c3ccc(OCc4ccccc4Cl)cc3)n[nH]2)cc1. The maximum atomic E-state index is 12.4. The number of amides is 1. The summed E-state index contributed by atoms with van der Waals surface area (Å²) < 4.78 is 10.5. The third-order valence-electron chi connectivity index (χ3n) is 5.04. The molecule has 0 aliphatic heterocycles. The molecule has 4 rings (SSSR count). The van der Waals surface area contributed by atoms with Gasteiger partial charge in [-0.2, -0.15) is 10.2 Å². The predicted molar refractivity (Wildman–Crippen MR) is 133 cm³/mol. The molecule has 0 atom stereocenters. The van der Waals surface area contributed by atoms with Gasteiger partial charge in [-0.25, -0.2) is 10.2 Å². The highest BCUT2D eigenvalue weighted by atomic mass is 35.5. The number of rotatable bonds is 8. The fourth-order valence-electron chi connectivity index (χ4n) is 3.13. The van der Waals surface area contributed by atoms with E-state index < -0.39 is 11.9 Å². The average molecular weight is 489 g/mol. The fourth-order valence-corrected chi connectivity index (χ4v) is 3.32. The van der Waals surface area contributed by atoms with Crippen LogP contribution in [0.25, 0.3) is 11.3 Å². The molecule has 2 N–H and O–H groups in total. The maximum Gasteiger partial charge on any atom is 0.337 e. The molecule has 0 aliphatic rings. The summed E-state index contributed by atoms with van der Waals surface area (Å²) in [6.07, 6.45) is 1.47. The molecule has 0 saturated heterocycles. The first-order valence-corrected chi connectivity index (χ1v) is 10.9. The largest absolute Gasteiger partial charge is 0.489 e. The summed E-state index contributed by atoms with van der Waals surface area (Å²) in [6.45, 7) is 0.363. The van der Waals surface area contributed by atoms with Crippen LogP contribution in [-0.2, 0) is 11.3 Å². The Morgan fingerprint density at radius 1 is 1.06 bits per heavy atom. The number of H-pyrrole nitrogens is 1. The molecular formula is C26H21ClN4O4. The van der Waals surface area contributed by atoms with E-state index in [1.165, 1.54) is 13.3 Å². The number of hydrogen-bond donors (Lipinski definition) is 2. The lowest BCUT2D eigenvalue weighted by atomic mass is 10.1. The van der Waals surface area contributed by atoms with Crippen LogP contribution < -0.4 is 10.2 Å². The zero-order chi connectivity index (χ0) is 24.6. The lowest BCUT2D eigenvalue weighted by Crippen LogP contribution is -2.18. The van der Waals surface area contributed by atoms with E-state index in [1.54, 1.807) is 30.3 Å². The van der Waals surface area contributed by atoms with E-state index in [4.69, 9.17) is 16.3 Å². The second-order valence-electron chi connectivity index (χ2n) is 7.38. The van der Waals surface area contributed by atoms with Gasteiger partial charge in [-0.15, -0.1) is 0 Å². The van der Waals surface area contributed by atoms with Crippen molar-refractivity contribution < 1.29 is 19.1 Å². The van der Waals surface area contributed by atoms with Gasteiger partial charge < -0.3 is 9.47 Å². The fraction of sp³-hybridized carbons (Fsp3) is 0.0769. The van der Waals surface area contributed by atoms with Crippen molar-refractivity contribution in [3.63, 3.8) is 0 Å². The molecular weight excluding hydrogens is 468 g/mol. The van der Waals surface area contributed by atoms with Crippen molar-refractivity contribution in [2.45, 2.75) is 6.61 Å². The molecule has 0 spiro atoms.